The van der Waals surface area contributed by atoms with Gasteiger partial charge in [0.05, 0.1) is 0 Å². The predicted octanol–water partition coefficient (Wildman–Crippen LogP) is 2.76. The van der Waals surface area contributed by atoms with Gasteiger partial charge in [-0.25, -0.2) is 4.39 Å². The van der Waals surface area contributed by atoms with Crippen LogP contribution >= 0.6 is 23.1 Å². The van der Waals surface area contributed by atoms with E-state index in [2.05, 4.69) is 9.59 Å². The first-order valence-corrected chi connectivity index (χ1v) is 5.62. The number of carbonyl (C=O) groups is 1. The molecule has 1 aromatic carbocycles. The lowest BCUT2D eigenvalue weighted by Gasteiger charge is -2.01. The van der Waals surface area contributed by atoms with Gasteiger partial charge in [0.25, 0.3) is 0 Å². The van der Waals surface area contributed by atoms with Crippen molar-refractivity contribution in [2.24, 2.45) is 0 Å². The van der Waals surface area contributed by atoms with Gasteiger partial charge in [-0.1, -0.05) is 22.2 Å². The molecule has 82 valence electrons. The number of halogens is 2. The molecule has 0 bridgehead atoms. The first-order chi connectivity index (χ1) is 7.66. The summed E-state index contributed by atoms with van der Waals surface area (Å²) >= 11 is 6.92. The Hall–Kier alpha value is -1.33. The Bertz CT molecular complexity index is 516. The molecule has 0 radical (unpaired) electrons. The Morgan fingerprint density at radius 1 is 1.50 bits per heavy atom. The smallest absolute Gasteiger partial charge is 0.188 e. The van der Waals surface area contributed by atoms with Crippen molar-refractivity contribution >= 4 is 28.9 Å². The molecule has 2 aromatic rings. The largest absolute Gasteiger partial charge is 0.292 e. The van der Waals surface area contributed by atoms with Crippen LogP contribution in [0.3, 0.4) is 0 Å². The summed E-state index contributed by atoms with van der Waals surface area (Å²) in [4.78, 5) is 11.7. The Morgan fingerprint density at radius 3 is 2.94 bits per heavy atom. The first kappa shape index (κ1) is 11.2. The highest BCUT2D eigenvalue weighted by atomic mass is 35.5. The minimum Gasteiger partial charge on any atom is -0.292 e. The van der Waals surface area contributed by atoms with Gasteiger partial charge in [0.2, 0.25) is 0 Å². The third kappa shape index (κ3) is 2.43. The van der Waals surface area contributed by atoms with Crippen LogP contribution in [0.15, 0.2) is 23.6 Å². The molecule has 0 aliphatic heterocycles. The van der Waals surface area contributed by atoms with E-state index in [1.807, 2.05) is 0 Å². The molecule has 0 fully saturated rings. The SMILES string of the molecule is O=C(Cc1ccc(F)cc1Cl)c1csnn1. The molecule has 1 aromatic heterocycles. The molecule has 2 rings (SSSR count). The summed E-state index contributed by atoms with van der Waals surface area (Å²) in [6.45, 7) is 0. The van der Waals surface area contributed by atoms with Gasteiger partial charge in [0, 0.05) is 16.8 Å². The first-order valence-electron chi connectivity index (χ1n) is 4.41. The van der Waals surface area contributed by atoms with Crippen LogP contribution < -0.4 is 0 Å². The van der Waals surface area contributed by atoms with E-state index in [-0.39, 0.29) is 17.2 Å². The van der Waals surface area contributed by atoms with Crippen molar-refractivity contribution in [3.8, 4) is 0 Å². The van der Waals surface area contributed by atoms with E-state index in [0.29, 0.717) is 11.3 Å². The topological polar surface area (TPSA) is 42.9 Å². The van der Waals surface area contributed by atoms with Crippen molar-refractivity contribution in [1.82, 2.24) is 9.59 Å². The summed E-state index contributed by atoms with van der Waals surface area (Å²) in [5, 5.41) is 5.48. The van der Waals surface area contributed by atoms with Gasteiger partial charge in [0.1, 0.15) is 11.5 Å². The van der Waals surface area contributed by atoms with Gasteiger partial charge in [-0.2, -0.15) is 0 Å². The van der Waals surface area contributed by atoms with Crippen LogP contribution in [0.25, 0.3) is 0 Å². The average molecular weight is 257 g/mol. The second-order valence-corrected chi connectivity index (χ2v) is 4.14. The minimum atomic E-state index is -0.420. The van der Waals surface area contributed by atoms with Crippen molar-refractivity contribution < 1.29 is 9.18 Å². The number of hydrogen-bond acceptors (Lipinski definition) is 4. The van der Waals surface area contributed by atoms with Gasteiger partial charge >= 0.3 is 0 Å². The molecule has 0 aliphatic carbocycles. The Morgan fingerprint density at radius 2 is 2.31 bits per heavy atom. The molecule has 0 amide bonds. The zero-order valence-corrected chi connectivity index (χ0v) is 9.56. The lowest BCUT2D eigenvalue weighted by atomic mass is 10.1. The standard InChI is InChI=1S/C10H6ClFN2OS/c11-8-4-7(12)2-1-6(8)3-10(15)9-5-16-14-13-9/h1-2,4-5H,3H2. The maximum atomic E-state index is 12.8. The Balaban J connectivity index is 2.18. The number of ketones is 1. The summed E-state index contributed by atoms with van der Waals surface area (Å²) in [6, 6.07) is 3.95. The van der Waals surface area contributed by atoms with Crippen molar-refractivity contribution in [2.75, 3.05) is 0 Å². The fraction of sp³-hybridized carbons (Fsp3) is 0.100. The van der Waals surface area contributed by atoms with E-state index in [1.165, 1.54) is 18.2 Å². The zero-order chi connectivity index (χ0) is 11.5. The van der Waals surface area contributed by atoms with E-state index in [0.717, 1.165) is 11.5 Å². The highest BCUT2D eigenvalue weighted by molar-refractivity contribution is 7.03. The Labute approximate surface area is 100 Å². The predicted molar refractivity (Wildman–Crippen MR) is 59.4 cm³/mol. The number of benzene rings is 1. The van der Waals surface area contributed by atoms with Crippen LogP contribution in [-0.2, 0) is 6.42 Å². The fourth-order valence-corrected chi connectivity index (χ4v) is 1.91. The maximum absolute atomic E-state index is 12.8. The van der Waals surface area contributed by atoms with Gasteiger partial charge in [-0.05, 0) is 29.2 Å². The number of nitrogens with zero attached hydrogens (tertiary/aromatic N) is 2. The molecule has 6 heteroatoms. The van der Waals surface area contributed by atoms with Gasteiger partial charge in [0.15, 0.2) is 5.78 Å². The number of carbonyl (C=O) groups excluding carboxylic acids is 1. The van der Waals surface area contributed by atoms with Crippen molar-refractivity contribution in [2.45, 2.75) is 6.42 Å². The summed E-state index contributed by atoms with van der Waals surface area (Å²) in [5.41, 5.74) is 0.895. The minimum absolute atomic E-state index is 0.102. The second kappa shape index (κ2) is 4.67. The van der Waals surface area contributed by atoms with E-state index >= 15 is 0 Å². The molecular formula is C10H6ClFN2OS. The molecule has 0 spiro atoms. The molecule has 0 N–H and O–H groups in total. The number of rotatable bonds is 3. The molecule has 16 heavy (non-hydrogen) atoms. The summed E-state index contributed by atoms with van der Waals surface area (Å²) in [6.07, 6.45) is 0.102. The number of hydrogen-bond donors (Lipinski definition) is 0. The van der Waals surface area contributed by atoms with Crippen molar-refractivity contribution in [3.63, 3.8) is 0 Å². The van der Waals surface area contributed by atoms with Crippen molar-refractivity contribution in [3.05, 3.63) is 45.7 Å². The molecule has 0 aliphatic rings. The van der Waals surface area contributed by atoms with Gasteiger partial charge < -0.3 is 0 Å². The van der Waals surface area contributed by atoms with Crippen molar-refractivity contribution in [1.29, 1.82) is 0 Å². The highest BCUT2D eigenvalue weighted by Gasteiger charge is 2.12. The van der Waals surface area contributed by atoms with Crippen LogP contribution in [0.2, 0.25) is 5.02 Å². The monoisotopic (exact) mass is 256 g/mol. The fourth-order valence-electron chi connectivity index (χ4n) is 1.21. The molecule has 3 nitrogen and oxygen atoms in total. The van der Waals surface area contributed by atoms with Crippen LogP contribution in [0.5, 0.6) is 0 Å². The highest BCUT2D eigenvalue weighted by Crippen LogP contribution is 2.19. The van der Waals surface area contributed by atoms with E-state index in [4.69, 9.17) is 11.6 Å². The molecule has 0 saturated carbocycles. The van der Waals surface area contributed by atoms with Crippen LogP contribution in [0.4, 0.5) is 4.39 Å². The summed E-state index contributed by atoms with van der Waals surface area (Å²) in [5.74, 6) is -0.598. The van der Waals surface area contributed by atoms with Crippen LogP contribution in [-0.4, -0.2) is 15.4 Å². The van der Waals surface area contributed by atoms with E-state index in [9.17, 15) is 9.18 Å². The van der Waals surface area contributed by atoms with Crippen LogP contribution in [0, 0.1) is 5.82 Å². The summed E-state index contributed by atoms with van der Waals surface area (Å²) < 4.78 is 16.4. The lowest BCUT2D eigenvalue weighted by molar-refractivity contribution is 0.0988. The normalized spacial score (nSPS) is 10.4. The number of aromatic nitrogens is 2. The van der Waals surface area contributed by atoms with E-state index < -0.39 is 5.82 Å². The maximum Gasteiger partial charge on any atom is 0.188 e. The molecule has 0 saturated heterocycles. The summed E-state index contributed by atoms with van der Waals surface area (Å²) in [7, 11) is 0. The van der Waals surface area contributed by atoms with Crippen LogP contribution in [0.1, 0.15) is 16.1 Å². The lowest BCUT2D eigenvalue weighted by Crippen LogP contribution is -2.04. The van der Waals surface area contributed by atoms with Gasteiger partial charge in [-0.3, -0.25) is 4.79 Å². The quantitative estimate of drug-likeness (QED) is 0.793. The van der Waals surface area contributed by atoms with E-state index in [1.54, 1.807) is 5.38 Å². The third-order valence-corrected chi connectivity index (χ3v) is 2.87. The zero-order valence-electron chi connectivity index (χ0n) is 7.98. The Kier molecular flexibility index (Phi) is 3.26. The average Bonchev–Trinajstić information content (AvgIpc) is 2.75. The molecule has 0 atom stereocenters. The third-order valence-electron chi connectivity index (χ3n) is 2.01. The van der Waals surface area contributed by atoms with Gasteiger partial charge in [-0.15, -0.1) is 5.10 Å². The number of Topliss-reactive ketones (excluding diaryl/α,β-unsaturated/α-hetero) is 1. The second-order valence-electron chi connectivity index (χ2n) is 3.13. The molecular weight excluding hydrogens is 251 g/mol. The molecule has 0 unspecified atom stereocenters. The molecule has 1 heterocycles.